The molecule has 29 heavy (non-hydrogen) atoms. The van der Waals surface area contributed by atoms with Crippen molar-refractivity contribution >= 4 is 24.0 Å². The number of alkyl halides is 3. The highest BCUT2D eigenvalue weighted by Crippen LogP contribution is 2.29. The minimum Gasteiger partial charge on any atom is -0.391 e. The highest BCUT2D eigenvalue weighted by Gasteiger charge is 2.30. The van der Waals surface area contributed by atoms with Crippen LogP contribution < -0.4 is 5.32 Å². The Kier molecular flexibility index (Phi) is 9.92. The van der Waals surface area contributed by atoms with E-state index in [0.29, 0.717) is 37.4 Å². The van der Waals surface area contributed by atoms with E-state index in [0.717, 1.165) is 24.3 Å². The van der Waals surface area contributed by atoms with Gasteiger partial charge in [-0.1, -0.05) is 31.1 Å². The van der Waals surface area contributed by atoms with Gasteiger partial charge < -0.3 is 15.1 Å². The Hall–Kier alpha value is -1.80. The van der Waals surface area contributed by atoms with Gasteiger partial charge in [-0.05, 0) is 37.1 Å². The summed E-state index contributed by atoms with van der Waals surface area (Å²) in [7, 11) is 1.80. The molecule has 1 fully saturated rings. The van der Waals surface area contributed by atoms with Gasteiger partial charge in [-0.15, -0.1) is 12.4 Å². The molecule has 0 aromatic heterocycles. The molecule has 1 aliphatic rings. The molecule has 9 heteroatoms. The van der Waals surface area contributed by atoms with Crippen LogP contribution in [0.25, 0.3) is 0 Å². The van der Waals surface area contributed by atoms with Gasteiger partial charge in [0, 0.05) is 25.9 Å². The Morgan fingerprint density at radius 2 is 1.79 bits per heavy atom. The van der Waals surface area contributed by atoms with E-state index in [1.807, 2.05) is 4.90 Å². The maximum absolute atomic E-state index is 12.6. The van der Waals surface area contributed by atoms with E-state index in [2.05, 4.69) is 24.3 Å². The molecular formula is C20H29ClF3N3O2. The van der Waals surface area contributed by atoms with Crippen LogP contribution in [0.1, 0.15) is 44.2 Å². The van der Waals surface area contributed by atoms with Crippen LogP contribution in [0, 0.1) is 5.92 Å². The predicted octanol–water partition coefficient (Wildman–Crippen LogP) is 4.26. The molecule has 0 saturated carbocycles. The van der Waals surface area contributed by atoms with E-state index >= 15 is 0 Å². The van der Waals surface area contributed by atoms with Crippen LogP contribution in [0.15, 0.2) is 29.4 Å². The maximum atomic E-state index is 12.6. The predicted molar refractivity (Wildman–Crippen MR) is 109 cm³/mol. The molecule has 0 spiro atoms. The molecule has 1 N–H and O–H groups in total. The molecule has 5 nitrogen and oxygen atoms in total. The van der Waals surface area contributed by atoms with E-state index in [9.17, 15) is 18.0 Å². The van der Waals surface area contributed by atoms with E-state index in [1.54, 1.807) is 7.05 Å². The third-order valence-electron chi connectivity index (χ3n) is 4.71. The first-order valence-corrected chi connectivity index (χ1v) is 9.50. The van der Waals surface area contributed by atoms with E-state index < -0.39 is 11.7 Å². The Balaban J connectivity index is 0.00000420. The Bertz CT molecular complexity index is 669. The third-order valence-corrected chi connectivity index (χ3v) is 4.71. The van der Waals surface area contributed by atoms with Gasteiger partial charge >= 0.3 is 6.18 Å². The number of hydrogen-bond donors (Lipinski definition) is 1. The molecule has 1 aromatic carbocycles. The summed E-state index contributed by atoms with van der Waals surface area (Å²) >= 11 is 0. The van der Waals surface area contributed by atoms with Gasteiger partial charge in [0.1, 0.15) is 6.61 Å². The number of nitrogens with one attached hydrogen (secondary N) is 1. The van der Waals surface area contributed by atoms with Crippen molar-refractivity contribution in [1.29, 1.82) is 0 Å². The summed E-state index contributed by atoms with van der Waals surface area (Å²) < 4.78 is 37.7. The van der Waals surface area contributed by atoms with Crippen molar-refractivity contribution in [3.8, 4) is 0 Å². The van der Waals surface area contributed by atoms with Crippen molar-refractivity contribution < 1.29 is 22.8 Å². The van der Waals surface area contributed by atoms with E-state index in [4.69, 9.17) is 4.84 Å². The second-order valence-corrected chi connectivity index (χ2v) is 7.42. The van der Waals surface area contributed by atoms with Crippen molar-refractivity contribution in [3.63, 3.8) is 0 Å². The number of rotatable bonds is 7. The SMILES string of the molecule is CN[C@@H](CC(C)C)C(=O)N1CCC(=NOCc2ccc(C(F)(F)F)cc2)CC1.Cl. The van der Waals surface area contributed by atoms with Crippen molar-refractivity contribution in [2.24, 2.45) is 11.1 Å². The van der Waals surface area contributed by atoms with Crippen LogP contribution in [-0.4, -0.2) is 42.7 Å². The van der Waals surface area contributed by atoms with Crippen molar-refractivity contribution in [1.82, 2.24) is 10.2 Å². The highest BCUT2D eigenvalue weighted by atomic mass is 35.5. The summed E-state index contributed by atoms with van der Waals surface area (Å²) in [6, 6.07) is 4.67. The summed E-state index contributed by atoms with van der Waals surface area (Å²) in [5.74, 6) is 0.544. The average Bonchev–Trinajstić information content (AvgIpc) is 2.65. The van der Waals surface area contributed by atoms with Crippen LogP contribution >= 0.6 is 12.4 Å². The molecule has 0 radical (unpaired) electrons. The maximum Gasteiger partial charge on any atom is 0.416 e. The molecule has 1 amide bonds. The van der Waals surface area contributed by atoms with Gasteiger partial charge in [-0.2, -0.15) is 13.2 Å². The molecular weight excluding hydrogens is 407 g/mol. The number of carbonyl (C=O) groups excluding carboxylic acids is 1. The second kappa shape index (κ2) is 11.4. The summed E-state index contributed by atoms with van der Waals surface area (Å²) in [6.07, 6.45) is -2.27. The Morgan fingerprint density at radius 1 is 1.21 bits per heavy atom. The fourth-order valence-electron chi connectivity index (χ4n) is 3.10. The summed E-state index contributed by atoms with van der Waals surface area (Å²) in [5, 5.41) is 7.19. The van der Waals surface area contributed by atoms with Gasteiger partial charge in [0.2, 0.25) is 5.91 Å². The number of hydrogen-bond acceptors (Lipinski definition) is 4. The van der Waals surface area contributed by atoms with E-state index in [-0.39, 0.29) is 31.0 Å². The lowest BCUT2D eigenvalue weighted by Crippen LogP contribution is -2.48. The fourth-order valence-corrected chi connectivity index (χ4v) is 3.10. The number of benzene rings is 1. The topological polar surface area (TPSA) is 53.9 Å². The van der Waals surface area contributed by atoms with Crippen LogP contribution in [0.5, 0.6) is 0 Å². The first-order valence-electron chi connectivity index (χ1n) is 9.50. The van der Waals surface area contributed by atoms with Gasteiger partial charge in [-0.25, -0.2) is 0 Å². The van der Waals surface area contributed by atoms with Crippen LogP contribution in [0.4, 0.5) is 13.2 Å². The highest BCUT2D eigenvalue weighted by molar-refractivity contribution is 5.88. The zero-order valence-electron chi connectivity index (χ0n) is 17.0. The number of amides is 1. The van der Waals surface area contributed by atoms with Gasteiger partial charge in [0.25, 0.3) is 0 Å². The van der Waals surface area contributed by atoms with Crippen LogP contribution in [-0.2, 0) is 22.4 Å². The lowest BCUT2D eigenvalue weighted by Gasteiger charge is -2.31. The van der Waals surface area contributed by atoms with E-state index in [1.165, 1.54) is 12.1 Å². The lowest BCUT2D eigenvalue weighted by atomic mass is 10.0. The quantitative estimate of drug-likeness (QED) is 0.651. The van der Waals surface area contributed by atoms with Crippen LogP contribution in [0.2, 0.25) is 0 Å². The molecule has 2 rings (SSSR count). The van der Waals surface area contributed by atoms with Crippen molar-refractivity contribution in [2.45, 2.75) is 51.9 Å². The normalized spacial score (nSPS) is 15.7. The second-order valence-electron chi connectivity index (χ2n) is 7.42. The molecule has 1 aliphatic heterocycles. The van der Waals surface area contributed by atoms with Crippen molar-refractivity contribution in [2.75, 3.05) is 20.1 Å². The fraction of sp³-hybridized carbons (Fsp3) is 0.600. The zero-order chi connectivity index (χ0) is 20.7. The van der Waals surface area contributed by atoms with Crippen molar-refractivity contribution in [3.05, 3.63) is 35.4 Å². The monoisotopic (exact) mass is 435 g/mol. The Labute approximate surface area is 176 Å². The molecule has 0 bridgehead atoms. The smallest absolute Gasteiger partial charge is 0.391 e. The largest absolute Gasteiger partial charge is 0.416 e. The zero-order valence-corrected chi connectivity index (χ0v) is 17.8. The molecule has 1 heterocycles. The summed E-state index contributed by atoms with van der Waals surface area (Å²) in [5.41, 5.74) is 0.799. The summed E-state index contributed by atoms with van der Waals surface area (Å²) in [6.45, 7) is 5.48. The summed E-state index contributed by atoms with van der Waals surface area (Å²) in [4.78, 5) is 19.7. The number of likely N-dealkylation sites (N-methyl/N-ethyl adjacent to an activating group) is 1. The molecule has 0 aliphatic carbocycles. The number of oxime groups is 1. The minimum atomic E-state index is -4.34. The Morgan fingerprint density at radius 3 is 2.28 bits per heavy atom. The molecule has 1 aromatic rings. The van der Waals surface area contributed by atoms with Gasteiger partial charge in [-0.3, -0.25) is 4.79 Å². The van der Waals surface area contributed by atoms with Crippen LogP contribution in [0.3, 0.4) is 0 Å². The third kappa shape index (κ3) is 7.85. The standard InChI is InChI=1S/C20H28F3N3O2.ClH/c1-14(2)12-18(24-3)19(27)26-10-8-17(9-11-26)25-28-13-15-4-6-16(7-5-15)20(21,22)23;/h4-7,14,18,24H,8-13H2,1-3H3;1H/t18-;/m0./s1. The van der Waals surface area contributed by atoms with Gasteiger partial charge in [0.15, 0.2) is 0 Å². The molecule has 1 atom stereocenters. The number of nitrogens with zero attached hydrogens (tertiary/aromatic N) is 2. The average molecular weight is 436 g/mol. The number of piperidine rings is 1. The molecule has 164 valence electrons. The first-order chi connectivity index (χ1) is 13.2. The number of likely N-dealkylation sites (tertiary alicyclic amines) is 1. The first kappa shape index (κ1) is 25.2. The van der Waals surface area contributed by atoms with Gasteiger partial charge in [0.05, 0.1) is 17.3 Å². The molecule has 0 unspecified atom stereocenters. The number of halogens is 4. The lowest BCUT2D eigenvalue weighted by molar-refractivity contribution is -0.137. The number of carbonyl (C=O) groups is 1. The minimum absolute atomic E-state index is 0. The molecule has 1 saturated heterocycles.